The lowest BCUT2D eigenvalue weighted by Gasteiger charge is -2.36. The Labute approximate surface area is 74.3 Å². The van der Waals surface area contributed by atoms with Gasteiger partial charge < -0.3 is 4.74 Å². The molecule has 1 aliphatic heterocycles. The van der Waals surface area contributed by atoms with Crippen LogP contribution in [0.3, 0.4) is 0 Å². The summed E-state index contributed by atoms with van der Waals surface area (Å²) in [6.07, 6.45) is 1.08. The van der Waals surface area contributed by atoms with E-state index in [1.165, 1.54) is 0 Å². The van der Waals surface area contributed by atoms with Crippen molar-refractivity contribution in [3.05, 3.63) is 0 Å². The van der Waals surface area contributed by atoms with Crippen LogP contribution >= 0.6 is 0 Å². The summed E-state index contributed by atoms with van der Waals surface area (Å²) < 4.78 is 5.29. The van der Waals surface area contributed by atoms with Crippen molar-refractivity contribution in [2.24, 2.45) is 17.8 Å². The molecule has 0 aromatic carbocycles. The minimum atomic E-state index is -0.0209. The molecule has 3 unspecified atom stereocenters. The number of esters is 1. The van der Waals surface area contributed by atoms with E-state index in [0.29, 0.717) is 11.8 Å². The van der Waals surface area contributed by atoms with Gasteiger partial charge in [-0.25, -0.2) is 0 Å². The van der Waals surface area contributed by atoms with Crippen LogP contribution < -0.4 is 0 Å². The zero-order chi connectivity index (χ0) is 9.30. The second-order valence-electron chi connectivity index (χ2n) is 3.89. The largest absolute Gasteiger partial charge is 0.462 e. The molecule has 1 rings (SSSR count). The number of carbonyl (C=O) groups is 1. The molecule has 1 heterocycles. The molecule has 1 saturated heterocycles. The number of rotatable bonds is 1. The first kappa shape index (κ1) is 9.56. The summed E-state index contributed by atoms with van der Waals surface area (Å²) in [6, 6.07) is 0. The third kappa shape index (κ3) is 1.47. The molecule has 0 aliphatic carbocycles. The monoisotopic (exact) mass is 170 g/mol. The van der Waals surface area contributed by atoms with Crippen molar-refractivity contribution < 1.29 is 9.53 Å². The first-order valence-electron chi connectivity index (χ1n) is 4.78. The molecule has 0 radical (unpaired) electrons. The molecule has 0 N–H and O–H groups in total. The first-order valence-corrected chi connectivity index (χ1v) is 4.78. The average Bonchev–Trinajstić information content (AvgIpc) is 2.08. The van der Waals surface area contributed by atoms with E-state index in [1.54, 1.807) is 0 Å². The highest BCUT2D eigenvalue weighted by molar-refractivity contribution is 5.73. The molecule has 0 aromatic rings. The number of cyclic esters (lactones) is 1. The highest BCUT2D eigenvalue weighted by Crippen LogP contribution is 2.32. The molecule has 70 valence electrons. The van der Waals surface area contributed by atoms with E-state index in [2.05, 4.69) is 20.8 Å². The van der Waals surface area contributed by atoms with E-state index in [1.807, 2.05) is 6.92 Å². The van der Waals surface area contributed by atoms with Gasteiger partial charge >= 0.3 is 5.97 Å². The Morgan fingerprint density at radius 3 is 2.33 bits per heavy atom. The molecule has 0 amide bonds. The predicted molar refractivity (Wildman–Crippen MR) is 47.7 cm³/mol. The van der Waals surface area contributed by atoms with E-state index in [-0.39, 0.29) is 18.0 Å². The third-order valence-corrected chi connectivity index (χ3v) is 3.25. The molecule has 0 aromatic heterocycles. The van der Waals surface area contributed by atoms with Crippen LogP contribution in [-0.2, 0) is 9.53 Å². The zero-order valence-electron chi connectivity index (χ0n) is 8.33. The van der Waals surface area contributed by atoms with E-state index >= 15 is 0 Å². The van der Waals surface area contributed by atoms with Crippen molar-refractivity contribution in [2.45, 2.75) is 40.2 Å². The lowest BCUT2D eigenvalue weighted by Crippen LogP contribution is -2.41. The number of hydrogen-bond donors (Lipinski definition) is 0. The van der Waals surface area contributed by atoms with E-state index in [0.717, 1.165) is 6.42 Å². The molecular formula is C10H18O2. The molecule has 0 bridgehead atoms. The summed E-state index contributed by atoms with van der Waals surface area (Å²) in [4.78, 5) is 11.3. The summed E-state index contributed by atoms with van der Waals surface area (Å²) in [5.41, 5.74) is 0. The van der Waals surface area contributed by atoms with Crippen LogP contribution in [0.4, 0.5) is 0 Å². The van der Waals surface area contributed by atoms with Crippen LogP contribution in [0.15, 0.2) is 0 Å². The number of hydrogen-bond acceptors (Lipinski definition) is 2. The predicted octanol–water partition coefficient (Wildman–Crippen LogP) is 2.23. The highest BCUT2D eigenvalue weighted by atomic mass is 16.5. The van der Waals surface area contributed by atoms with Crippen molar-refractivity contribution in [2.75, 3.05) is 0 Å². The molecule has 12 heavy (non-hydrogen) atoms. The molecule has 0 saturated carbocycles. The number of ether oxygens (including phenoxy) is 1. The van der Waals surface area contributed by atoms with E-state index in [9.17, 15) is 4.79 Å². The summed E-state index contributed by atoms with van der Waals surface area (Å²) in [6.45, 7) is 8.33. The Hall–Kier alpha value is -0.530. The second kappa shape index (κ2) is 3.46. The van der Waals surface area contributed by atoms with Gasteiger partial charge in [-0.3, -0.25) is 4.79 Å². The van der Waals surface area contributed by atoms with Crippen LogP contribution in [0.25, 0.3) is 0 Å². The maximum Gasteiger partial charge on any atom is 0.309 e. The van der Waals surface area contributed by atoms with Crippen LogP contribution in [0.2, 0.25) is 0 Å². The van der Waals surface area contributed by atoms with Gasteiger partial charge in [-0.05, 0) is 18.3 Å². The molecular weight excluding hydrogens is 152 g/mol. The smallest absolute Gasteiger partial charge is 0.309 e. The topological polar surface area (TPSA) is 26.3 Å². The zero-order valence-corrected chi connectivity index (χ0v) is 8.33. The third-order valence-electron chi connectivity index (χ3n) is 3.25. The quantitative estimate of drug-likeness (QED) is 0.564. The minimum absolute atomic E-state index is 0.0209. The maximum absolute atomic E-state index is 11.3. The fourth-order valence-electron chi connectivity index (χ4n) is 1.83. The first-order chi connectivity index (χ1) is 5.57. The van der Waals surface area contributed by atoms with Crippen molar-refractivity contribution in [1.29, 1.82) is 0 Å². The normalized spacial score (nSPS) is 42.5. The number of carbonyl (C=O) groups excluding carboxylic acids is 1. The summed E-state index contributed by atoms with van der Waals surface area (Å²) in [5, 5.41) is 0. The second-order valence-corrected chi connectivity index (χ2v) is 3.89. The molecule has 2 heteroatoms. The van der Waals surface area contributed by atoms with Gasteiger partial charge in [0.25, 0.3) is 0 Å². The van der Waals surface area contributed by atoms with Crippen LogP contribution in [0, 0.1) is 17.8 Å². The molecule has 2 nitrogen and oxygen atoms in total. The van der Waals surface area contributed by atoms with Gasteiger partial charge in [-0.2, -0.15) is 0 Å². The van der Waals surface area contributed by atoms with E-state index < -0.39 is 0 Å². The van der Waals surface area contributed by atoms with Crippen molar-refractivity contribution in [3.8, 4) is 0 Å². The fraction of sp³-hybridized carbons (Fsp3) is 0.900. The van der Waals surface area contributed by atoms with Crippen molar-refractivity contribution in [3.63, 3.8) is 0 Å². The Morgan fingerprint density at radius 2 is 1.83 bits per heavy atom. The standard InChI is InChI=1S/C10H18O2/c1-5-9-7(3)6(2)8(4)10(11)12-9/h6-9H,5H2,1-4H3/t6?,7-,8?,9?/m0/s1. The lowest BCUT2D eigenvalue weighted by molar-refractivity contribution is -0.169. The Balaban J connectivity index is 2.70. The maximum atomic E-state index is 11.3. The van der Waals surface area contributed by atoms with Crippen LogP contribution in [0.1, 0.15) is 34.1 Å². The summed E-state index contributed by atoms with van der Waals surface area (Å²) in [5.74, 6) is 1.01. The average molecular weight is 170 g/mol. The van der Waals surface area contributed by atoms with Gasteiger partial charge in [0.15, 0.2) is 0 Å². The van der Waals surface area contributed by atoms with Crippen molar-refractivity contribution >= 4 is 5.97 Å². The minimum Gasteiger partial charge on any atom is -0.462 e. The van der Waals surface area contributed by atoms with Gasteiger partial charge in [0.05, 0.1) is 5.92 Å². The van der Waals surface area contributed by atoms with Crippen LogP contribution in [-0.4, -0.2) is 12.1 Å². The molecule has 4 atom stereocenters. The summed E-state index contributed by atoms with van der Waals surface area (Å²) >= 11 is 0. The van der Waals surface area contributed by atoms with Gasteiger partial charge in [0.1, 0.15) is 6.10 Å². The Bertz CT molecular complexity index is 175. The van der Waals surface area contributed by atoms with Gasteiger partial charge in [0, 0.05) is 0 Å². The Kier molecular flexibility index (Phi) is 2.76. The van der Waals surface area contributed by atoms with Crippen LogP contribution in [0.5, 0.6) is 0 Å². The fourth-order valence-corrected chi connectivity index (χ4v) is 1.83. The van der Waals surface area contributed by atoms with E-state index in [4.69, 9.17) is 4.74 Å². The van der Waals surface area contributed by atoms with Gasteiger partial charge in [-0.15, -0.1) is 0 Å². The highest BCUT2D eigenvalue weighted by Gasteiger charge is 2.37. The van der Waals surface area contributed by atoms with Crippen molar-refractivity contribution in [1.82, 2.24) is 0 Å². The molecule has 1 aliphatic rings. The summed E-state index contributed by atoms with van der Waals surface area (Å²) in [7, 11) is 0. The SMILES string of the molecule is CCC1OC(=O)C(C)C(C)[C@@H]1C. The lowest BCUT2D eigenvalue weighted by atomic mass is 9.79. The van der Waals surface area contributed by atoms with Gasteiger partial charge in [-0.1, -0.05) is 27.7 Å². The van der Waals surface area contributed by atoms with Gasteiger partial charge in [0.2, 0.25) is 0 Å². The molecule has 0 spiro atoms. The Morgan fingerprint density at radius 1 is 1.25 bits per heavy atom. The molecule has 1 fully saturated rings.